The van der Waals surface area contributed by atoms with Crippen molar-refractivity contribution in [2.75, 3.05) is 44.2 Å². The van der Waals surface area contributed by atoms with E-state index < -0.39 is 0 Å². The summed E-state index contributed by atoms with van der Waals surface area (Å²) in [4.78, 5) is 2.43. The summed E-state index contributed by atoms with van der Waals surface area (Å²) in [5.41, 5.74) is 1.99. The zero-order valence-corrected chi connectivity index (χ0v) is 13.9. The van der Waals surface area contributed by atoms with E-state index in [9.17, 15) is 0 Å². The van der Waals surface area contributed by atoms with E-state index in [1.165, 1.54) is 36.3 Å². The van der Waals surface area contributed by atoms with Crippen molar-refractivity contribution in [1.29, 1.82) is 5.26 Å². The molecule has 1 aliphatic heterocycles. The topological polar surface area (TPSA) is 27.0 Å². The standard InChI is InChI=1S/C15H22N3.HI/c1-3-18(4-2)11-9-17(10-12-18)15-7-5-14(13-16)6-8-15;/h5-8H,3-4,9-12H2,1-2H3;1H/q+1;/p-1. The number of halogens is 1. The fourth-order valence-corrected chi connectivity index (χ4v) is 2.75. The molecule has 1 heterocycles. The minimum Gasteiger partial charge on any atom is -1.00 e. The Balaban J connectivity index is 0.00000180. The van der Waals surface area contributed by atoms with Crippen molar-refractivity contribution >= 4 is 5.69 Å². The van der Waals surface area contributed by atoms with Gasteiger partial charge in [-0.15, -0.1) is 0 Å². The van der Waals surface area contributed by atoms with E-state index in [0.717, 1.165) is 18.7 Å². The number of benzene rings is 1. The summed E-state index contributed by atoms with van der Waals surface area (Å²) in [5.74, 6) is 0. The van der Waals surface area contributed by atoms with E-state index in [1.807, 2.05) is 12.1 Å². The molecule has 104 valence electrons. The van der Waals surface area contributed by atoms with Gasteiger partial charge in [-0.3, -0.25) is 0 Å². The lowest BCUT2D eigenvalue weighted by Crippen LogP contribution is -3.00. The molecule has 0 spiro atoms. The first-order valence-electron chi connectivity index (χ1n) is 6.83. The average Bonchev–Trinajstić information content (AvgIpc) is 2.47. The summed E-state index contributed by atoms with van der Waals surface area (Å²) in [7, 11) is 0. The van der Waals surface area contributed by atoms with Gasteiger partial charge in [0.15, 0.2) is 0 Å². The molecule has 0 aliphatic carbocycles. The Morgan fingerprint density at radius 1 is 1.11 bits per heavy atom. The van der Waals surface area contributed by atoms with Crippen LogP contribution in [0, 0.1) is 11.3 Å². The minimum atomic E-state index is 0. The normalized spacial score (nSPS) is 17.4. The van der Waals surface area contributed by atoms with E-state index in [4.69, 9.17) is 5.26 Å². The molecular formula is C15H22IN3. The van der Waals surface area contributed by atoms with Crippen molar-refractivity contribution in [3.63, 3.8) is 0 Å². The van der Waals surface area contributed by atoms with Crippen LogP contribution in [0.1, 0.15) is 19.4 Å². The van der Waals surface area contributed by atoms with E-state index >= 15 is 0 Å². The maximum atomic E-state index is 8.81. The number of rotatable bonds is 3. The lowest BCUT2D eigenvalue weighted by molar-refractivity contribution is -0.925. The quantitative estimate of drug-likeness (QED) is 0.516. The van der Waals surface area contributed by atoms with Gasteiger partial charge in [0.1, 0.15) is 0 Å². The molecule has 0 atom stereocenters. The highest BCUT2D eigenvalue weighted by atomic mass is 127. The van der Waals surface area contributed by atoms with Gasteiger partial charge < -0.3 is 33.4 Å². The van der Waals surface area contributed by atoms with Gasteiger partial charge in [-0.2, -0.15) is 5.26 Å². The first kappa shape index (κ1) is 16.3. The van der Waals surface area contributed by atoms with E-state index in [-0.39, 0.29) is 24.0 Å². The Morgan fingerprint density at radius 2 is 1.63 bits per heavy atom. The predicted molar refractivity (Wildman–Crippen MR) is 74.4 cm³/mol. The SMILES string of the molecule is CC[N+]1(CC)CCN(c2ccc(C#N)cc2)CC1.[I-]. The predicted octanol–water partition coefficient (Wildman–Crippen LogP) is -0.761. The summed E-state index contributed by atoms with van der Waals surface area (Å²) in [5, 5.41) is 8.81. The second-order valence-corrected chi connectivity index (χ2v) is 5.07. The number of hydrogen-bond acceptors (Lipinski definition) is 2. The highest BCUT2D eigenvalue weighted by molar-refractivity contribution is 5.49. The minimum absolute atomic E-state index is 0. The molecule has 1 fully saturated rings. The van der Waals surface area contributed by atoms with E-state index in [1.54, 1.807) is 0 Å². The zero-order chi connectivity index (χ0) is 13.0. The molecule has 1 saturated heterocycles. The second-order valence-electron chi connectivity index (χ2n) is 5.07. The van der Waals surface area contributed by atoms with Crippen LogP contribution in [0.3, 0.4) is 0 Å². The van der Waals surface area contributed by atoms with Crippen molar-refractivity contribution in [1.82, 2.24) is 0 Å². The van der Waals surface area contributed by atoms with Crippen LogP contribution in [0.25, 0.3) is 0 Å². The molecule has 0 amide bonds. The molecule has 0 saturated carbocycles. The molecule has 3 nitrogen and oxygen atoms in total. The largest absolute Gasteiger partial charge is 1.00 e. The highest BCUT2D eigenvalue weighted by Gasteiger charge is 2.29. The summed E-state index contributed by atoms with van der Waals surface area (Å²) in [6.45, 7) is 11.7. The fourth-order valence-electron chi connectivity index (χ4n) is 2.75. The lowest BCUT2D eigenvalue weighted by Gasteiger charge is -2.44. The maximum Gasteiger partial charge on any atom is 0.0991 e. The van der Waals surface area contributed by atoms with Gasteiger partial charge in [-0.05, 0) is 38.1 Å². The smallest absolute Gasteiger partial charge is 0.0991 e. The maximum absolute atomic E-state index is 8.81. The van der Waals surface area contributed by atoms with Crippen LogP contribution in [0.5, 0.6) is 0 Å². The third-order valence-corrected chi connectivity index (χ3v) is 4.39. The number of nitriles is 1. The summed E-state index contributed by atoms with van der Waals surface area (Å²) < 4.78 is 1.24. The molecular weight excluding hydrogens is 349 g/mol. The highest BCUT2D eigenvalue weighted by Crippen LogP contribution is 2.20. The molecule has 19 heavy (non-hydrogen) atoms. The number of anilines is 1. The van der Waals surface area contributed by atoms with Gasteiger partial charge in [0.2, 0.25) is 0 Å². The molecule has 0 aromatic heterocycles. The van der Waals surface area contributed by atoms with Crippen LogP contribution in [-0.4, -0.2) is 43.8 Å². The number of quaternary nitrogens is 1. The molecule has 2 rings (SSSR count). The fraction of sp³-hybridized carbons (Fsp3) is 0.533. The Morgan fingerprint density at radius 3 is 2.05 bits per heavy atom. The van der Waals surface area contributed by atoms with Crippen LogP contribution in [0.4, 0.5) is 5.69 Å². The first-order valence-corrected chi connectivity index (χ1v) is 6.83. The van der Waals surface area contributed by atoms with Crippen molar-refractivity contribution in [3.05, 3.63) is 29.8 Å². The molecule has 1 aromatic carbocycles. The van der Waals surface area contributed by atoms with Gasteiger partial charge in [-0.1, -0.05) is 0 Å². The van der Waals surface area contributed by atoms with Crippen molar-refractivity contribution < 1.29 is 28.5 Å². The van der Waals surface area contributed by atoms with Gasteiger partial charge >= 0.3 is 0 Å². The van der Waals surface area contributed by atoms with Crippen LogP contribution < -0.4 is 28.9 Å². The average molecular weight is 371 g/mol. The van der Waals surface area contributed by atoms with Crippen LogP contribution >= 0.6 is 0 Å². The Labute approximate surface area is 133 Å². The Kier molecular flexibility index (Phi) is 6.08. The number of likely N-dealkylation sites (N-methyl/N-ethyl adjacent to an activating group) is 1. The van der Waals surface area contributed by atoms with Crippen molar-refractivity contribution in [3.8, 4) is 6.07 Å². The van der Waals surface area contributed by atoms with Crippen LogP contribution in [-0.2, 0) is 0 Å². The van der Waals surface area contributed by atoms with Crippen molar-refractivity contribution in [2.24, 2.45) is 0 Å². The van der Waals surface area contributed by atoms with E-state index in [2.05, 4.69) is 36.9 Å². The molecule has 4 heteroatoms. The Bertz CT molecular complexity index is 422. The summed E-state index contributed by atoms with van der Waals surface area (Å²) in [6.07, 6.45) is 0. The summed E-state index contributed by atoms with van der Waals surface area (Å²) >= 11 is 0. The third-order valence-electron chi connectivity index (χ3n) is 4.39. The molecule has 1 aliphatic rings. The van der Waals surface area contributed by atoms with Gasteiger partial charge in [0.25, 0.3) is 0 Å². The molecule has 0 N–H and O–H groups in total. The van der Waals surface area contributed by atoms with Gasteiger partial charge in [0, 0.05) is 5.69 Å². The number of hydrogen-bond donors (Lipinski definition) is 0. The monoisotopic (exact) mass is 371 g/mol. The molecule has 0 radical (unpaired) electrons. The summed E-state index contributed by atoms with van der Waals surface area (Å²) in [6, 6.07) is 10.1. The molecule has 0 unspecified atom stereocenters. The van der Waals surface area contributed by atoms with Gasteiger partial charge in [-0.25, -0.2) is 0 Å². The number of piperazine rings is 1. The van der Waals surface area contributed by atoms with Crippen molar-refractivity contribution in [2.45, 2.75) is 13.8 Å². The third kappa shape index (κ3) is 3.61. The van der Waals surface area contributed by atoms with Crippen LogP contribution in [0.15, 0.2) is 24.3 Å². The zero-order valence-electron chi connectivity index (χ0n) is 11.8. The number of nitrogens with zero attached hydrogens (tertiary/aromatic N) is 3. The van der Waals surface area contributed by atoms with Gasteiger partial charge in [0.05, 0.1) is 50.9 Å². The Hall–Kier alpha value is -0.800. The van der Waals surface area contributed by atoms with E-state index in [0.29, 0.717) is 0 Å². The first-order chi connectivity index (χ1) is 8.73. The molecule has 1 aromatic rings. The van der Waals surface area contributed by atoms with Crippen LogP contribution in [0.2, 0.25) is 0 Å². The lowest BCUT2D eigenvalue weighted by atomic mass is 10.1. The second kappa shape index (κ2) is 7.11. The molecule has 0 bridgehead atoms.